The summed E-state index contributed by atoms with van der Waals surface area (Å²) in [7, 11) is 0. The molecule has 0 amide bonds. The SMILES string of the molecule is O=C(O)CCN1CCC2(CC1)COc1cc(OCc3c(F)cccc3C(F)(F)F)ccc12. The molecule has 0 atom stereocenters. The number of hydrogen-bond acceptors (Lipinski definition) is 4. The topological polar surface area (TPSA) is 59.0 Å². The van der Waals surface area contributed by atoms with Crippen LogP contribution in [0, 0.1) is 5.82 Å². The molecule has 4 rings (SSSR count). The molecule has 0 aliphatic carbocycles. The molecule has 2 aromatic carbocycles. The van der Waals surface area contributed by atoms with Gasteiger partial charge in [-0.1, -0.05) is 12.1 Å². The van der Waals surface area contributed by atoms with Gasteiger partial charge < -0.3 is 19.5 Å². The summed E-state index contributed by atoms with van der Waals surface area (Å²) in [5.41, 5.74) is -0.734. The maximum Gasteiger partial charge on any atom is 0.416 e. The Morgan fingerprint density at radius 1 is 1.19 bits per heavy atom. The molecule has 2 aliphatic heterocycles. The molecule has 2 heterocycles. The van der Waals surface area contributed by atoms with Gasteiger partial charge in [0.2, 0.25) is 0 Å². The van der Waals surface area contributed by atoms with Crippen LogP contribution in [0.4, 0.5) is 17.6 Å². The number of rotatable bonds is 6. The Kier molecular flexibility index (Phi) is 6.03. The third-order valence-corrected chi connectivity index (χ3v) is 6.29. The molecule has 172 valence electrons. The van der Waals surface area contributed by atoms with Gasteiger partial charge in [-0.05, 0) is 44.1 Å². The monoisotopic (exact) mass is 453 g/mol. The average Bonchev–Trinajstić information content (AvgIpc) is 3.09. The van der Waals surface area contributed by atoms with Crippen LogP contribution in [0.3, 0.4) is 0 Å². The zero-order chi connectivity index (χ0) is 22.9. The Bertz CT molecular complexity index is 1000. The van der Waals surface area contributed by atoms with Crippen molar-refractivity contribution in [3.05, 3.63) is 58.9 Å². The van der Waals surface area contributed by atoms with E-state index in [1.54, 1.807) is 12.1 Å². The van der Waals surface area contributed by atoms with Gasteiger partial charge >= 0.3 is 12.1 Å². The van der Waals surface area contributed by atoms with Crippen LogP contribution in [0.15, 0.2) is 36.4 Å². The summed E-state index contributed by atoms with van der Waals surface area (Å²) >= 11 is 0. The van der Waals surface area contributed by atoms with Crippen molar-refractivity contribution in [3.63, 3.8) is 0 Å². The highest BCUT2D eigenvalue weighted by Gasteiger charge is 2.43. The van der Waals surface area contributed by atoms with Gasteiger partial charge in [0.15, 0.2) is 0 Å². The molecule has 5 nitrogen and oxygen atoms in total. The molecule has 2 aliphatic rings. The van der Waals surface area contributed by atoms with Crippen LogP contribution in [0.2, 0.25) is 0 Å². The lowest BCUT2D eigenvalue weighted by atomic mass is 9.74. The molecule has 1 N–H and O–H groups in total. The van der Waals surface area contributed by atoms with Gasteiger partial charge in [-0.3, -0.25) is 4.79 Å². The van der Waals surface area contributed by atoms with E-state index in [1.165, 1.54) is 0 Å². The Labute approximate surface area is 182 Å². The lowest BCUT2D eigenvalue weighted by Crippen LogP contribution is -2.44. The number of likely N-dealkylation sites (tertiary alicyclic amines) is 1. The zero-order valence-electron chi connectivity index (χ0n) is 17.3. The molecule has 0 aromatic heterocycles. The smallest absolute Gasteiger partial charge is 0.416 e. The zero-order valence-corrected chi connectivity index (χ0v) is 17.3. The highest BCUT2D eigenvalue weighted by Crippen LogP contribution is 2.46. The second-order valence-electron chi connectivity index (χ2n) is 8.26. The van der Waals surface area contributed by atoms with Crippen molar-refractivity contribution in [2.75, 3.05) is 26.2 Å². The number of halogens is 4. The van der Waals surface area contributed by atoms with E-state index in [1.807, 2.05) is 6.07 Å². The first-order valence-electron chi connectivity index (χ1n) is 10.4. The van der Waals surface area contributed by atoms with Crippen molar-refractivity contribution < 1.29 is 36.9 Å². The highest BCUT2D eigenvalue weighted by atomic mass is 19.4. The average molecular weight is 453 g/mol. The summed E-state index contributed by atoms with van der Waals surface area (Å²) < 4.78 is 64.9. The number of piperidine rings is 1. The fourth-order valence-corrected chi connectivity index (χ4v) is 4.44. The summed E-state index contributed by atoms with van der Waals surface area (Å²) in [5.74, 6) is -0.863. The second-order valence-corrected chi connectivity index (χ2v) is 8.26. The first-order valence-corrected chi connectivity index (χ1v) is 10.4. The summed E-state index contributed by atoms with van der Waals surface area (Å²) in [4.78, 5) is 12.9. The molecular weight excluding hydrogens is 430 g/mol. The van der Waals surface area contributed by atoms with Gasteiger partial charge in [0, 0.05) is 29.2 Å². The van der Waals surface area contributed by atoms with Gasteiger partial charge in [0.05, 0.1) is 18.6 Å². The highest BCUT2D eigenvalue weighted by molar-refractivity contribution is 5.66. The number of aliphatic carboxylic acids is 1. The predicted molar refractivity (Wildman–Crippen MR) is 107 cm³/mol. The third-order valence-electron chi connectivity index (χ3n) is 6.29. The van der Waals surface area contributed by atoms with Crippen LogP contribution >= 0.6 is 0 Å². The molecule has 1 saturated heterocycles. The van der Waals surface area contributed by atoms with Gasteiger partial charge in [-0.15, -0.1) is 0 Å². The van der Waals surface area contributed by atoms with Crippen LogP contribution < -0.4 is 9.47 Å². The van der Waals surface area contributed by atoms with Crippen molar-refractivity contribution in [2.45, 2.75) is 37.5 Å². The van der Waals surface area contributed by atoms with Crippen molar-refractivity contribution in [3.8, 4) is 11.5 Å². The van der Waals surface area contributed by atoms with Gasteiger partial charge in [0.25, 0.3) is 0 Å². The number of carboxylic acids is 1. The van der Waals surface area contributed by atoms with E-state index in [9.17, 15) is 22.4 Å². The van der Waals surface area contributed by atoms with E-state index in [0.29, 0.717) is 24.7 Å². The first kappa shape index (κ1) is 22.4. The Balaban J connectivity index is 1.44. The second kappa shape index (κ2) is 8.61. The molecule has 2 aromatic rings. The molecule has 32 heavy (non-hydrogen) atoms. The summed E-state index contributed by atoms with van der Waals surface area (Å²) in [6.07, 6.45) is -2.92. The predicted octanol–water partition coefficient (Wildman–Crippen LogP) is 4.62. The summed E-state index contributed by atoms with van der Waals surface area (Å²) in [6.45, 7) is 1.99. The first-order chi connectivity index (χ1) is 15.2. The van der Waals surface area contributed by atoms with Gasteiger partial charge in [0.1, 0.15) is 23.9 Å². The number of benzene rings is 2. The van der Waals surface area contributed by atoms with Gasteiger partial charge in [-0.2, -0.15) is 13.2 Å². The van der Waals surface area contributed by atoms with Crippen molar-refractivity contribution in [1.82, 2.24) is 4.90 Å². The molecule has 0 bridgehead atoms. The molecule has 1 spiro atoms. The van der Waals surface area contributed by atoms with Crippen LogP contribution in [0.5, 0.6) is 11.5 Å². The minimum Gasteiger partial charge on any atom is -0.492 e. The number of nitrogens with zero attached hydrogens (tertiary/aromatic N) is 1. The number of ether oxygens (including phenoxy) is 2. The van der Waals surface area contributed by atoms with E-state index in [2.05, 4.69) is 4.90 Å². The number of carboxylic acid groups (broad SMARTS) is 1. The minimum absolute atomic E-state index is 0.110. The normalized spacial score (nSPS) is 17.8. The quantitative estimate of drug-likeness (QED) is 0.647. The Morgan fingerprint density at radius 3 is 2.62 bits per heavy atom. The molecule has 0 saturated carbocycles. The number of fused-ring (bicyclic) bond motifs is 2. The van der Waals surface area contributed by atoms with Crippen LogP contribution in [-0.2, 0) is 23.0 Å². The van der Waals surface area contributed by atoms with Crippen molar-refractivity contribution in [2.24, 2.45) is 0 Å². The third kappa shape index (κ3) is 4.53. The molecule has 9 heteroatoms. The van der Waals surface area contributed by atoms with E-state index in [0.717, 1.165) is 49.7 Å². The largest absolute Gasteiger partial charge is 0.492 e. The Morgan fingerprint density at radius 2 is 1.94 bits per heavy atom. The number of hydrogen-bond donors (Lipinski definition) is 1. The fraction of sp³-hybridized carbons (Fsp3) is 0.435. The van der Waals surface area contributed by atoms with E-state index in [4.69, 9.17) is 14.6 Å². The van der Waals surface area contributed by atoms with Crippen molar-refractivity contribution in [1.29, 1.82) is 0 Å². The minimum atomic E-state index is -4.67. The molecular formula is C23H23F4NO4. The Hall–Kier alpha value is -2.81. The maximum atomic E-state index is 14.0. The van der Waals surface area contributed by atoms with E-state index in [-0.39, 0.29) is 11.8 Å². The molecule has 0 radical (unpaired) electrons. The summed E-state index contributed by atoms with van der Waals surface area (Å²) in [6, 6.07) is 8.00. The lowest BCUT2D eigenvalue weighted by Gasteiger charge is -2.38. The number of alkyl halides is 3. The molecule has 0 unspecified atom stereocenters. The van der Waals surface area contributed by atoms with Crippen molar-refractivity contribution >= 4 is 5.97 Å². The lowest BCUT2D eigenvalue weighted by molar-refractivity contribution is -0.139. The maximum absolute atomic E-state index is 14.0. The van der Waals surface area contributed by atoms with Crippen LogP contribution in [-0.4, -0.2) is 42.2 Å². The molecule has 1 fully saturated rings. The fourth-order valence-electron chi connectivity index (χ4n) is 4.44. The van der Waals surface area contributed by atoms with Gasteiger partial charge in [-0.25, -0.2) is 4.39 Å². The van der Waals surface area contributed by atoms with Crippen LogP contribution in [0.25, 0.3) is 0 Å². The van der Waals surface area contributed by atoms with Crippen LogP contribution in [0.1, 0.15) is 36.0 Å². The standard InChI is InChI=1S/C23H23F4NO4/c24-19-3-1-2-17(23(25,26)27)16(19)13-31-15-4-5-18-20(12-15)32-14-22(18)7-10-28(11-8-22)9-6-21(29)30/h1-5,12H,6-11,13-14H2,(H,29,30). The summed E-state index contributed by atoms with van der Waals surface area (Å²) in [5, 5.41) is 8.86. The van der Waals surface area contributed by atoms with E-state index >= 15 is 0 Å². The number of carbonyl (C=O) groups is 1. The van der Waals surface area contributed by atoms with E-state index < -0.39 is 35.7 Å².